The molecule has 0 spiro atoms. The van der Waals surface area contributed by atoms with Gasteiger partial charge in [-0.1, -0.05) is 12.1 Å². The Labute approximate surface area is 132 Å². The van der Waals surface area contributed by atoms with Gasteiger partial charge in [0.15, 0.2) is 0 Å². The molecule has 2 aromatic rings. The lowest BCUT2D eigenvalue weighted by Gasteiger charge is -2.19. The van der Waals surface area contributed by atoms with Crippen LogP contribution in [0.3, 0.4) is 0 Å². The number of methoxy groups -OCH3 is 2. The molecular formula is C16H18BrNO3. The van der Waals surface area contributed by atoms with Crippen LogP contribution < -0.4 is 14.8 Å². The van der Waals surface area contributed by atoms with Gasteiger partial charge in [0.05, 0.1) is 31.3 Å². The maximum Gasteiger partial charge on any atom is 0.133 e. The molecule has 0 amide bonds. The van der Waals surface area contributed by atoms with E-state index in [1.54, 1.807) is 14.2 Å². The van der Waals surface area contributed by atoms with Gasteiger partial charge in [-0.3, -0.25) is 0 Å². The van der Waals surface area contributed by atoms with Gasteiger partial charge in [-0.05, 0) is 45.8 Å². The minimum atomic E-state index is -0.209. The van der Waals surface area contributed by atoms with Crippen LogP contribution in [0.2, 0.25) is 0 Å². The quantitative estimate of drug-likeness (QED) is 0.834. The van der Waals surface area contributed by atoms with Crippen molar-refractivity contribution < 1.29 is 14.6 Å². The summed E-state index contributed by atoms with van der Waals surface area (Å²) in [6, 6.07) is 13.1. The summed E-state index contributed by atoms with van der Waals surface area (Å²) in [6.45, 7) is -0.0179. The monoisotopic (exact) mass is 351 g/mol. The fourth-order valence-corrected chi connectivity index (χ4v) is 2.61. The summed E-state index contributed by atoms with van der Waals surface area (Å²) in [7, 11) is 3.25. The van der Waals surface area contributed by atoms with Crippen LogP contribution in [0, 0.1) is 0 Å². The van der Waals surface area contributed by atoms with Crippen molar-refractivity contribution in [2.45, 2.75) is 6.04 Å². The molecule has 2 rings (SSSR count). The van der Waals surface area contributed by atoms with E-state index in [1.165, 1.54) is 0 Å². The van der Waals surface area contributed by atoms with Gasteiger partial charge in [-0.25, -0.2) is 0 Å². The van der Waals surface area contributed by atoms with Gasteiger partial charge < -0.3 is 19.9 Å². The Morgan fingerprint density at radius 3 is 2.57 bits per heavy atom. The second-order valence-corrected chi connectivity index (χ2v) is 5.36. The topological polar surface area (TPSA) is 50.7 Å². The number of hydrogen-bond acceptors (Lipinski definition) is 4. The Hall–Kier alpha value is -1.72. The van der Waals surface area contributed by atoms with Crippen molar-refractivity contribution in [3.63, 3.8) is 0 Å². The second kappa shape index (κ2) is 7.33. The van der Waals surface area contributed by atoms with Gasteiger partial charge in [0.2, 0.25) is 0 Å². The van der Waals surface area contributed by atoms with E-state index in [-0.39, 0.29) is 12.6 Å². The van der Waals surface area contributed by atoms with Crippen LogP contribution in [-0.2, 0) is 0 Å². The summed E-state index contributed by atoms with van der Waals surface area (Å²) in [6.07, 6.45) is 0. The SMILES string of the molecule is COc1cccc(NC(CO)c2ccc(OC)c(Br)c2)c1. The Balaban J connectivity index is 2.21. The average Bonchev–Trinajstić information content (AvgIpc) is 2.52. The normalized spacial score (nSPS) is 11.8. The summed E-state index contributed by atoms with van der Waals surface area (Å²) in [5, 5.41) is 12.9. The number of halogens is 1. The predicted octanol–water partition coefficient (Wildman–Crippen LogP) is 3.61. The van der Waals surface area contributed by atoms with E-state index >= 15 is 0 Å². The van der Waals surface area contributed by atoms with Crippen molar-refractivity contribution in [3.8, 4) is 11.5 Å². The number of hydrogen-bond donors (Lipinski definition) is 2. The van der Waals surface area contributed by atoms with Gasteiger partial charge in [0.25, 0.3) is 0 Å². The van der Waals surface area contributed by atoms with Gasteiger partial charge in [-0.15, -0.1) is 0 Å². The Kier molecular flexibility index (Phi) is 5.47. The van der Waals surface area contributed by atoms with E-state index in [0.717, 1.165) is 27.2 Å². The van der Waals surface area contributed by atoms with Gasteiger partial charge in [-0.2, -0.15) is 0 Å². The molecule has 0 aliphatic carbocycles. The number of nitrogens with one attached hydrogen (secondary N) is 1. The summed E-state index contributed by atoms with van der Waals surface area (Å²) in [5.74, 6) is 1.53. The molecule has 0 saturated carbocycles. The van der Waals surface area contributed by atoms with E-state index in [9.17, 15) is 5.11 Å². The smallest absolute Gasteiger partial charge is 0.133 e. The number of rotatable bonds is 6. The first-order valence-corrected chi connectivity index (χ1v) is 7.32. The van der Waals surface area contributed by atoms with E-state index in [1.807, 2.05) is 42.5 Å². The molecule has 1 unspecified atom stereocenters. The Morgan fingerprint density at radius 2 is 1.95 bits per heavy atom. The predicted molar refractivity (Wildman–Crippen MR) is 87.1 cm³/mol. The molecule has 0 heterocycles. The minimum Gasteiger partial charge on any atom is -0.497 e. The first-order chi connectivity index (χ1) is 10.2. The average molecular weight is 352 g/mol. The maximum atomic E-state index is 9.64. The van der Waals surface area contributed by atoms with Crippen LogP contribution in [0.5, 0.6) is 11.5 Å². The molecule has 1 atom stereocenters. The molecule has 0 aliphatic rings. The van der Waals surface area contributed by atoms with Crippen molar-refractivity contribution in [3.05, 3.63) is 52.5 Å². The molecule has 0 saturated heterocycles. The molecule has 112 valence electrons. The lowest BCUT2D eigenvalue weighted by Crippen LogP contribution is -2.14. The third-order valence-electron chi connectivity index (χ3n) is 3.17. The minimum absolute atomic E-state index is 0.0179. The molecule has 0 aromatic heterocycles. The summed E-state index contributed by atoms with van der Waals surface area (Å²) < 4.78 is 11.3. The Morgan fingerprint density at radius 1 is 1.14 bits per heavy atom. The third-order valence-corrected chi connectivity index (χ3v) is 3.79. The van der Waals surface area contributed by atoms with Crippen molar-refractivity contribution in [1.82, 2.24) is 0 Å². The van der Waals surface area contributed by atoms with E-state index in [0.29, 0.717) is 0 Å². The summed E-state index contributed by atoms with van der Waals surface area (Å²) >= 11 is 3.46. The molecule has 0 aliphatic heterocycles. The van der Waals surface area contributed by atoms with Crippen LogP contribution in [-0.4, -0.2) is 25.9 Å². The van der Waals surface area contributed by atoms with E-state index in [2.05, 4.69) is 21.2 Å². The zero-order chi connectivity index (χ0) is 15.2. The first kappa shape index (κ1) is 15.7. The van der Waals surface area contributed by atoms with E-state index in [4.69, 9.17) is 9.47 Å². The highest BCUT2D eigenvalue weighted by Crippen LogP contribution is 2.29. The molecule has 0 bridgehead atoms. The molecule has 0 fully saturated rings. The molecular weight excluding hydrogens is 334 g/mol. The molecule has 2 N–H and O–H groups in total. The summed E-state index contributed by atoms with van der Waals surface area (Å²) in [4.78, 5) is 0. The second-order valence-electron chi connectivity index (χ2n) is 4.51. The lowest BCUT2D eigenvalue weighted by molar-refractivity contribution is 0.276. The number of aliphatic hydroxyl groups is 1. The fourth-order valence-electron chi connectivity index (χ4n) is 2.05. The van der Waals surface area contributed by atoms with Crippen molar-refractivity contribution in [2.24, 2.45) is 0 Å². The standard InChI is InChI=1S/C16H18BrNO3/c1-20-13-5-3-4-12(9-13)18-15(10-19)11-6-7-16(21-2)14(17)8-11/h3-9,15,18-19H,10H2,1-2H3. The van der Waals surface area contributed by atoms with Crippen molar-refractivity contribution in [2.75, 3.05) is 26.1 Å². The van der Waals surface area contributed by atoms with Crippen LogP contribution >= 0.6 is 15.9 Å². The highest BCUT2D eigenvalue weighted by Gasteiger charge is 2.12. The van der Waals surface area contributed by atoms with Gasteiger partial charge >= 0.3 is 0 Å². The largest absolute Gasteiger partial charge is 0.497 e. The number of anilines is 1. The lowest BCUT2D eigenvalue weighted by atomic mass is 10.1. The zero-order valence-electron chi connectivity index (χ0n) is 12.0. The molecule has 2 aromatic carbocycles. The number of benzene rings is 2. The van der Waals surface area contributed by atoms with Crippen molar-refractivity contribution in [1.29, 1.82) is 0 Å². The van der Waals surface area contributed by atoms with Gasteiger partial charge in [0.1, 0.15) is 11.5 Å². The van der Waals surface area contributed by atoms with Crippen LogP contribution in [0.4, 0.5) is 5.69 Å². The molecule has 0 radical (unpaired) electrons. The van der Waals surface area contributed by atoms with E-state index < -0.39 is 0 Å². The number of aliphatic hydroxyl groups excluding tert-OH is 1. The highest BCUT2D eigenvalue weighted by atomic mass is 79.9. The van der Waals surface area contributed by atoms with Gasteiger partial charge in [0, 0.05) is 11.8 Å². The first-order valence-electron chi connectivity index (χ1n) is 6.52. The van der Waals surface area contributed by atoms with Crippen LogP contribution in [0.1, 0.15) is 11.6 Å². The number of ether oxygens (including phenoxy) is 2. The third kappa shape index (κ3) is 3.89. The molecule has 4 nitrogen and oxygen atoms in total. The molecule has 5 heteroatoms. The summed E-state index contributed by atoms with van der Waals surface area (Å²) in [5.41, 5.74) is 1.85. The fraction of sp³-hybridized carbons (Fsp3) is 0.250. The van der Waals surface area contributed by atoms with Crippen molar-refractivity contribution >= 4 is 21.6 Å². The maximum absolute atomic E-state index is 9.64. The Bertz CT molecular complexity index is 604. The van der Waals surface area contributed by atoms with Crippen LogP contribution in [0.25, 0.3) is 0 Å². The molecule has 21 heavy (non-hydrogen) atoms. The zero-order valence-corrected chi connectivity index (χ0v) is 13.6. The van der Waals surface area contributed by atoms with Crippen LogP contribution in [0.15, 0.2) is 46.9 Å². The highest BCUT2D eigenvalue weighted by molar-refractivity contribution is 9.10.